The first-order valence-corrected chi connectivity index (χ1v) is 6.44. The lowest BCUT2D eigenvalue weighted by Gasteiger charge is -2.02. The molecule has 2 rings (SSSR count). The zero-order valence-corrected chi connectivity index (χ0v) is 11.8. The standard InChI is InChI=1S/C12H13Cl2N3O2/c1-18-4-2-3-10-16-12(19-17-10)7-5-8(13)11(15)9(14)6-7/h5-6H,2-4,15H2,1H3. The minimum atomic E-state index is 0.340. The molecule has 0 saturated carbocycles. The van der Waals surface area contributed by atoms with Crippen LogP contribution in [0, 0.1) is 0 Å². The number of aryl methyl sites for hydroxylation is 1. The molecule has 0 bridgehead atoms. The lowest BCUT2D eigenvalue weighted by molar-refractivity contribution is 0.194. The maximum atomic E-state index is 5.96. The highest BCUT2D eigenvalue weighted by atomic mass is 35.5. The van der Waals surface area contributed by atoms with E-state index in [1.807, 2.05) is 0 Å². The average molecular weight is 302 g/mol. The van der Waals surface area contributed by atoms with Crippen LogP contribution in [-0.2, 0) is 11.2 Å². The summed E-state index contributed by atoms with van der Waals surface area (Å²) in [7, 11) is 1.65. The molecule has 19 heavy (non-hydrogen) atoms. The van der Waals surface area contributed by atoms with Crippen LogP contribution in [0.3, 0.4) is 0 Å². The minimum absolute atomic E-state index is 0.340. The molecule has 0 aliphatic carbocycles. The quantitative estimate of drug-likeness (QED) is 0.678. The monoisotopic (exact) mass is 301 g/mol. The molecule has 5 nitrogen and oxygen atoms in total. The Kier molecular flexibility index (Phi) is 4.63. The third kappa shape index (κ3) is 3.37. The molecule has 0 aliphatic heterocycles. The summed E-state index contributed by atoms with van der Waals surface area (Å²) >= 11 is 11.9. The van der Waals surface area contributed by atoms with Crippen molar-refractivity contribution < 1.29 is 9.26 Å². The van der Waals surface area contributed by atoms with Crippen LogP contribution in [-0.4, -0.2) is 23.9 Å². The minimum Gasteiger partial charge on any atom is -0.396 e. The van der Waals surface area contributed by atoms with Gasteiger partial charge in [0, 0.05) is 25.7 Å². The number of aromatic nitrogens is 2. The van der Waals surface area contributed by atoms with Crippen LogP contribution in [0.1, 0.15) is 12.2 Å². The summed E-state index contributed by atoms with van der Waals surface area (Å²) in [5.74, 6) is 0.993. The summed E-state index contributed by atoms with van der Waals surface area (Å²) in [5.41, 5.74) is 6.66. The Hall–Kier alpha value is -1.30. The number of rotatable bonds is 5. The van der Waals surface area contributed by atoms with Gasteiger partial charge >= 0.3 is 0 Å². The molecule has 0 atom stereocenters. The zero-order chi connectivity index (χ0) is 13.8. The van der Waals surface area contributed by atoms with Crippen molar-refractivity contribution in [1.29, 1.82) is 0 Å². The van der Waals surface area contributed by atoms with Crippen LogP contribution in [0.2, 0.25) is 10.0 Å². The number of ether oxygens (including phenoxy) is 1. The maximum Gasteiger partial charge on any atom is 0.258 e. The highest BCUT2D eigenvalue weighted by molar-refractivity contribution is 6.39. The van der Waals surface area contributed by atoms with Crippen LogP contribution in [0.15, 0.2) is 16.7 Å². The largest absolute Gasteiger partial charge is 0.396 e. The second kappa shape index (κ2) is 6.23. The maximum absolute atomic E-state index is 5.96. The summed E-state index contributed by atoms with van der Waals surface area (Å²) in [5, 5.41) is 4.61. The number of nitrogens with zero attached hydrogens (tertiary/aromatic N) is 2. The molecule has 0 saturated heterocycles. The van der Waals surface area contributed by atoms with Gasteiger partial charge in [-0.3, -0.25) is 0 Å². The number of nitrogen functional groups attached to an aromatic ring is 1. The molecule has 0 fully saturated rings. The van der Waals surface area contributed by atoms with E-state index in [9.17, 15) is 0 Å². The molecule has 102 valence electrons. The van der Waals surface area contributed by atoms with Gasteiger partial charge in [-0.2, -0.15) is 4.98 Å². The van der Waals surface area contributed by atoms with Gasteiger partial charge in [0.05, 0.1) is 15.7 Å². The highest BCUT2D eigenvalue weighted by Crippen LogP contribution is 2.32. The zero-order valence-electron chi connectivity index (χ0n) is 10.3. The number of benzene rings is 1. The first-order valence-electron chi connectivity index (χ1n) is 5.68. The van der Waals surface area contributed by atoms with E-state index in [-0.39, 0.29) is 0 Å². The normalized spacial score (nSPS) is 10.9. The van der Waals surface area contributed by atoms with E-state index in [0.29, 0.717) is 46.0 Å². The van der Waals surface area contributed by atoms with Crippen molar-refractivity contribution in [2.24, 2.45) is 0 Å². The van der Waals surface area contributed by atoms with Crippen LogP contribution in [0.5, 0.6) is 0 Å². The van der Waals surface area contributed by atoms with E-state index in [4.69, 9.17) is 38.2 Å². The van der Waals surface area contributed by atoms with E-state index < -0.39 is 0 Å². The Morgan fingerprint density at radius 2 is 2.00 bits per heavy atom. The first-order chi connectivity index (χ1) is 9.11. The van der Waals surface area contributed by atoms with Crippen molar-refractivity contribution in [2.75, 3.05) is 19.5 Å². The first kappa shape index (κ1) is 14.1. The van der Waals surface area contributed by atoms with Gasteiger partial charge in [0.1, 0.15) is 0 Å². The fraction of sp³-hybridized carbons (Fsp3) is 0.333. The van der Waals surface area contributed by atoms with E-state index in [2.05, 4.69) is 10.1 Å². The predicted molar refractivity (Wildman–Crippen MR) is 74.4 cm³/mol. The van der Waals surface area contributed by atoms with Gasteiger partial charge in [-0.05, 0) is 18.6 Å². The molecule has 2 N–H and O–H groups in total. The summed E-state index contributed by atoms with van der Waals surface area (Å²) in [4.78, 5) is 4.27. The van der Waals surface area contributed by atoms with Gasteiger partial charge in [0.25, 0.3) is 5.89 Å². The molecular weight excluding hydrogens is 289 g/mol. The summed E-state index contributed by atoms with van der Waals surface area (Å²) in [6, 6.07) is 3.30. The van der Waals surface area contributed by atoms with E-state index in [1.54, 1.807) is 19.2 Å². The van der Waals surface area contributed by atoms with Crippen molar-refractivity contribution in [3.8, 4) is 11.5 Å². The fourth-order valence-electron chi connectivity index (χ4n) is 1.56. The van der Waals surface area contributed by atoms with Crippen molar-refractivity contribution >= 4 is 28.9 Å². The number of hydrogen-bond acceptors (Lipinski definition) is 5. The Morgan fingerprint density at radius 1 is 1.32 bits per heavy atom. The number of methoxy groups -OCH3 is 1. The van der Waals surface area contributed by atoms with Crippen LogP contribution < -0.4 is 5.73 Å². The van der Waals surface area contributed by atoms with E-state index in [1.165, 1.54) is 0 Å². The Labute approximate surface area is 120 Å². The van der Waals surface area contributed by atoms with Gasteiger partial charge in [0.15, 0.2) is 5.82 Å². The lowest BCUT2D eigenvalue weighted by Crippen LogP contribution is -1.94. The predicted octanol–water partition coefficient (Wildman–Crippen LogP) is 3.20. The van der Waals surface area contributed by atoms with Gasteiger partial charge in [-0.1, -0.05) is 28.4 Å². The summed E-state index contributed by atoms with van der Waals surface area (Å²) in [6.07, 6.45) is 1.52. The average Bonchev–Trinajstić information content (AvgIpc) is 2.84. The molecule has 1 aromatic carbocycles. The van der Waals surface area contributed by atoms with Gasteiger partial charge in [0.2, 0.25) is 0 Å². The van der Waals surface area contributed by atoms with E-state index >= 15 is 0 Å². The Morgan fingerprint density at radius 3 is 2.63 bits per heavy atom. The smallest absolute Gasteiger partial charge is 0.258 e. The summed E-state index contributed by atoms with van der Waals surface area (Å²) < 4.78 is 10.1. The molecule has 2 aromatic rings. The molecular formula is C12H13Cl2N3O2. The van der Waals surface area contributed by atoms with Crippen LogP contribution >= 0.6 is 23.2 Å². The van der Waals surface area contributed by atoms with Crippen LogP contribution in [0.25, 0.3) is 11.5 Å². The Bertz CT molecular complexity index is 549. The molecule has 0 radical (unpaired) electrons. The number of nitrogens with two attached hydrogens (primary N) is 1. The molecule has 0 unspecified atom stereocenters. The van der Waals surface area contributed by atoms with Gasteiger partial charge in [-0.15, -0.1) is 0 Å². The van der Waals surface area contributed by atoms with Crippen molar-refractivity contribution in [2.45, 2.75) is 12.8 Å². The second-order valence-corrected chi connectivity index (χ2v) is 4.78. The summed E-state index contributed by atoms with van der Waals surface area (Å²) in [6.45, 7) is 0.656. The number of halogens is 2. The molecule has 0 spiro atoms. The molecule has 0 amide bonds. The van der Waals surface area contributed by atoms with Crippen molar-refractivity contribution in [3.05, 3.63) is 28.0 Å². The number of hydrogen-bond donors (Lipinski definition) is 1. The van der Waals surface area contributed by atoms with Gasteiger partial charge in [-0.25, -0.2) is 0 Å². The van der Waals surface area contributed by atoms with Crippen molar-refractivity contribution in [3.63, 3.8) is 0 Å². The second-order valence-electron chi connectivity index (χ2n) is 3.97. The highest BCUT2D eigenvalue weighted by Gasteiger charge is 2.12. The van der Waals surface area contributed by atoms with E-state index in [0.717, 1.165) is 6.42 Å². The Balaban J connectivity index is 2.18. The molecule has 1 heterocycles. The fourth-order valence-corrected chi connectivity index (χ4v) is 2.04. The third-order valence-corrected chi connectivity index (χ3v) is 3.17. The SMILES string of the molecule is COCCCc1noc(-c2cc(Cl)c(N)c(Cl)c2)n1. The topological polar surface area (TPSA) is 74.2 Å². The van der Waals surface area contributed by atoms with Crippen molar-refractivity contribution in [1.82, 2.24) is 10.1 Å². The molecule has 1 aromatic heterocycles. The lowest BCUT2D eigenvalue weighted by atomic mass is 10.2. The van der Waals surface area contributed by atoms with Gasteiger partial charge < -0.3 is 15.0 Å². The molecule has 7 heteroatoms. The third-order valence-electron chi connectivity index (χ3n) is 2.54. The van der Waals surface area contributed by atoms with Crippen LogP contribution in [0.4, 0.5) is 5.69 Å². The molecule has 0 aliphatic rings. The number of anilines is 1.